The molecule has 5 rings (SSSR count). The monoisotopic (exact) mass is 403 g/mol. The molecule has 1 aromatic carbocycles. The Bertz CT molecular complexity index is 1180. The third-order valence-corrected chi connectivity index (χ3v) is 5.28. The summed E-state index contributed by atoms with van der Waals surface area (Å²) >= 11 is 0. The van der Waals surface area contributed by atoms with Crippen LogP contribution in [0.15, 0.2) is 59.7 Å². The average Bonchev–Trinajstić information content (AvgIpc) is 3.51. The molecule has 1 amide bonds. The smallest absolute Gasteiger partial charge is 0.287 e. The number of hydrogen-bond acceptors (Lipinski definition) is 5. The minimum absolute atomic E-state index is 0.157. The van der Waals surface area contributed by atoms with E-state index < -0.39 is 0 Å². The summed E-state index contributed by atoms with van der Waals surface area (Å²) in [6, 6.07) is 9.38. The highest BCUT2D eigenvalue weighted by Crippen LogP contribution is 2.36. The number of H-pyrrole nitrogens is 1. The van der Waals surface area contributed by atoms with Gasteiger partial charge in [0.2, 0.25) is 0 Å². The van der Waals surface area contributed by atoms with E-state index in [-0.39, 0.29) is 11.9 Å². The maximum absolute atomic E-state index is 12.8. The molecule has 0 radical (unpaired) electrons. The van der Waals surface area contributed by atoms with Crippen molar-refractivity contribution < 1.29 is 13.9 Å². The van der Waals surface area contributed by atoms with Crippen LogP contribution in [0.25, 0.3) is 11.1 Å². The van der Waals surface area contributed by atoms with Crippen LogP contribution in [0.2, 0.25) is 0 Å². The standard InChI is InChI=1S/C22H21N5O3/c1-14-18(11-24-26-14)15-2-4-20-17(10-15)19(6-9-29-20)25-22(28)21-5-3-16(30-21)12-27-8-7-23-13-27/h2-5,7-8,10-11,13,19H,6,9,12H2,1H3,(H,24,26)(H,25,28). The largest absolute Gasteiger partial charge is 0.493 e. The van der Waals surface area contributed by atoms with Crippen molar-refractivity contribution in [3.63, 3.8) is 0 Å². The van der Waals surface area contributed by atoms with Crippen LogP contribution in [-0.2, 0) is 6.54 Å². The Morgan fingerprint density at radius 2 is 2.27 bits per heavy atom. The minimum atomic E-state index is -0.241. The lowest BCUT2D eigenvalue weighted by Crippen LogP contribution is -2.32. The van der Waals surface area contributed by atoms with Crippen molar-refractivity contribution in [1.82, 2.24) is 25.1 Å². The Hall–Kier alpha value is -3.81. The molecule has 0 saturated carbocycles. The van der Waals surface area contributed by atoms with Crippen molar-refractivity contribution in [3.05, 3.63) is 78.0 Å². The minimum Gasteiger partial charge on any atom is -0.493 e. The van der Waals surface area contributed by atoms with E-state index in [1.165, 1.54) is 0 Å². The molecule has 0 bridgehead atoms. The molecule has 1 aliphatic heterocycles. The highest BCUT2D eigenvalue weighted by atomic mass is 16.5. The van der Waals surface area contributed by atoms with Gasteiger partial charge in [-0.2, -0.15) is 5.10 Å². The number of aryl methyl sites for hydroxylation is 1. The van der Waals surface area contributed by atoms with Gasteiger partial charge in [0.1, 0.15) is 11.5 Å². The highest BCUT2D eigenvalue weighted by molar-refractivity contribution is 5.91. The van der Waals surface area contributed by atoms with Gasteiger partial charge >= 0.3 is 0 Å². The van der Waals surface area contributed by atoms with Crippen LogP contribution in [0.5, 0.6) is 5.75 Å². The van der Waals surface area contributed by atoms with Crippen LogP contribution in [0.1, 0.15) is 40.0 Å². The van der Waals surface area contributed by atoms with Gasteiger partial charge in [0.05, 0.1) is 31.7 Å². The molecule has 0 aliphatic carbocycles. The summed E-state index contributed by atoms with van der Waals surface area (Å²) in [6.07, 6.45) is 7.76. The van der Waals surface area contributed by atoms with Crippen molar-refractivity contribution in [3.8, 4) is 16.9 Å². The summed E-state index contributed by atoms with van der Waals surface area (Å²) in [7, 11) is 0. The number of fused-ring (bicyclic) bond motifs is 1. The van der Waals surface area contributed by atoms with Gasteiger partial charge < -0.3 is 19.0 Å². The summed E-state index contributed by atoms with van der Waals surface area (Å²) in [4.78, 5) is 16.8. The van der Waals surface area contributed by atoms with Gasteiger partial charge in [-0.1, -0.05) is 6.07 Å². The zero-order valence-electron chi connectivity index (χ0n) is 16.5. The first-order valence-corrected chi connectivity index (χ1v) is 9.80. The van der Waals surface area contributed by atoms with E-state index in [1.807, 2.05) is 35.9 Å². The van der Waals surface area contributed by atoms with Gasteiger partial charge in [0.25, 0.3) is 5.91 Å². The van der Waals surface area contributed by atoms with Gasteiger partial charge in [0, 0.05) is 35.6 Å². The number of carbonyl (C=O) groups is 1. The maximum atomic E-state index is 12.8. The van der Waals surface area contributed by atoms with Gasteiger partial charge in [0.15, 0.2) is 5.76 Å². The molecule has 4 heterocycles. The van der Waals surface area contributed by atoms with Crippen LogP contribution in [0, 0.1) is 6.92 Å². The second-order valence-corrected chi connectivity index (χ2v) is 7.33. The van der Waals surface area contributed by atoms with Gasteiger partial charge in [-0.15, -0.1) is 0 Å². The lowest BCUT2D eigenvalue weighted by atomic mass is 9.95. The summed E-state index contributed by atoms with van der Waals surface area (Å²) in [5.41, 5.74) is 4.01. The maximum Gasteiger partial charge on any atom is 0.287 e. The van der Waals surface area contributed by atoms with E-state index >= 15 is 0 Å². The number of hydrogen-bond donors (Lipinski definition) is 2. The van der Waals surface area contributed by atoms with Crippen LogP contribution < -0.4 is 10.1 Å². The Morgan fingerprint density at radius 3 is 3.07 bits per heavy atom. The number of rotatable bonds is 5. The fraction of sp³-hybridized carbons (Fsp3) is 0.227. The molecule has 8 heteroatoms. The van der Waals surface area contributed by atoms with Crippen molar-refractivity contribution in [1.29, 1.82) is 0 Å². The van der Waals surface area contributed by atoms with Crippen molar-refractivity contribution in [2.75, 3.05) is 6.61 Å². The first-order chi connectivity index (χ1) is 14.7. The molecule has 30 heavy (non-hydrogen) atoms. The number of amides is 1. The average molecular weight is 403 g/mol. The quantitative estimate of drug-likeness (QED) is 0.532. The predicted molar refractivity (Wildman–Crippen MR) is 109 cm³/mol. The molecule has 4 aromatic rings. The molecule has 0 fully saturated rings. The van der Waals surface area contributed by atoms with E-state index in [0.29, 0.717) is 31.1 Å². The Morgan fingerprint density at radius 1 is 1.33 bits per heavy atom. The summed E-state index contributed by atoms with van der Waals surface area (Å²) < 4.78 is 13.4. The fourth-order valence-corrected chi connectivity index (χ4v) is 3.73. The second kappa shape index (κ2) is 7.55. The van der Waals surface area contributed by atoms with Gasteiger partial charge in [-0.05, 0) is 36.8 Å². The molecule has 1 aliphatic rings. The van der Waals surface area contributed by atoms with E-state index in [0.717, 1.165) is 28.1 Å². The lowest BCUT2D eigenvalue weighted by molar-refractivity contribution is 0.0894. The van der Waals surface area contributed by atoms with Crippen LogP contribution in [0.3, 0.4) is 0 Å². The summed E-state index contributed by atoms with van der Waals surface area (Å²) in [6.45, 7) is 3.06. The molecule has 8 nitrogen and oxygen atoms in total. The third-order valence-electron chi connectivity index (χ3n) is 5.28. The first-order valence-electron chi connectivity index (χ1n) is 9.80. The molecule has 0 spiro atoms. The van der Waals surface area contributed by atoms with E-state index in [1.54, 1.807) is 24.8 Å². The normalized spacial score (nSPS) is 15.4. The van der Waals surface area contributed by atoms with Crippen LogP contribution in [-0.4, -0.2) is 32.3 Å². The number of aromatic nitrogens is 4. The molecule has 3 aromatic heterocycles. The molecule has 152 valence electrons. The lowest BCUT2D eigenvalue weighted by Gasteiger charge is -2.27. The van der Waals surface area contributed by atoms with E-state index in [4.69, 9.17) is 9.15 Å². The first kappa shape index (κ1) is 18.2. The topological polar surface area (TPSA) is 98.0 Å². The number of benzene rings is 1. The SMILES string of the molecule is Cc1[nH]ncc1-c1ccc2c(c1)C(NC(=O)c1ccc(Cn3ccnc3)o1)CCO2. The van der Waals surface area contributed by atoms with Crippen LogP contribution in [0.4, 0.5) is 0 Å². The summed E-state index contributed by atoms with van der Waals surface area (Å²) in [5, 5.41) is 10.2. The number of nitrogens with zero attached hydrogens (tertiary/aromatic N) is 3. The van der Waals surface area contributed by atoms with Crippen molar-refractivity contribution >= 4 is 5.91 Å². The Labute approximate surface area is 172 Å². The number of carbonyl (C=O) groups excluding carboxylic acids is 1. The Balaban J connectivity index is 1.35. The van der Waals surface area contributed by atoms with E-state index in [9.17, 15) is 4.79 Å². The number of aromatic amines is 1. The highest BCUT2D eigenvalue weighted by Gasteiger charge is 2.25. The van der Waals surface area contributed by atoms with Gasteiger partial charge in [-0.25, -0.2) is 4.98 Å². The molecule has 2 N–H and O–H groups in total. The van der Waals surface area contributed by atoms with Crippen molar-refractivity contribution in [2.24, 2.45) is 0 Å². The zero-order chi connectivity index (χ0) is 20.5. The molecule has 0 saturated heterocycles. The Kier molecular flexibility index (Phi) is 4.59. The third kappa shape index (κ3) is 3.47. The fourth-order valence-electron chi connectivity index (χ4n) is 3.73. The zero-order valence-corrected chi connectivity index (χ0v) is 16.5. The number of imidazole rings is 1. The second-order valence-electron chi connectivity index (χ2n) is 7.33. The number of ether oxygens (including phenoxy) is 1. The molecular weight excluding hydrogens is 382 g/mol. The van der Waals surface area contributed by atoms with Crippen molar-refractivity contribution in [2.45, 2.75) is 25.9 Å². The molecule has 1 unspecified atom stereocenters. The number of nitrogens with one attached hydrogen (secondary N) is 2. The molecular formula is C22H21N5O3. The molecule has 1 atom stereocenters. The predicted octanol–water partition coefficient (Wildman–Crippen LogP) is 3.48. The summed E-state index contributed by atoms with van der Waals surface area (Å²) in [5.74, 6) is 1.54. The van der Waals surface area contributed by atoms with Gasteiger partial charge in [-0.3, -0.25) is 9.89 Å². The van der Waals surface area contributed by atoms with Crippen LogP contribution >= 0.6 is 0 Å². The van der Waals surface area contributed by atoms with E-state index in [2.05, 4.69) is 26.6 Å². The number of furan rings is 1.